The lowest BCUT2D eigenvalue weighted by molar-refractivity contribution is -0.132. The van der Waals surface area contributed by atoms with Crippen molar-refractivity contribution in [1.82, 2.24) is 4.90 Å². The van der Waals surface area contributed by atoms with E-state index in [0.29, 0.717) is 25.2 Å². The standard InChI is InChI=1S/C11H21NO4/c1-9(11(13)14)5-6-10(12(2)3)16-8-7-15-4/h5,10H,6-8H2,1-4H3,(H,13,14). The molecule has 5 nitrogen and oxygen atoms in total. The van der Waals surface area contributed by atoms with Gasteiger partial charge in [-0.05, 0) is 21.0 Å². The Hall–Kier alpha value is -0.910. The molecule has 0 aromatic carbocycles. The van der Waals surface area contributed by atoms with Crippen molar-refractivity contribution in [2.45, 2.75) is 19.6 Å². The van der Waals surface area contributed by atoms with Crippen molar-refractivity contribution in [3.63, 3.8) is 0 Å². The fourth-order valence-electron chi connectivity index (χ4n) is 1.06. The lowest BCUT2D eigenvalue weighted by Gasteiger charge is -2.23. The zero-order valence-corrected chi connectivity index (χ0v) is 10.4. The quantitative estimate of drug-likeness (QED) is 0.383. The van der Waals surface area contributed by atoms with Gasteiger partial charge in [0.05, 0.1) is 13.2 Å². The van der Waals surface area contributed by atoms with E-state index in [1.807, 2.05) is 19.0 Å². The first-order valence-electron chi connectivity index (χ1n) is 5.16. The smallest absolute Gasteiger partial charge is 0.330 e. The third kappa shape index (κ3) is 6.55. The Kier molecular flexibility index (Phi) is 7.80. The van der Waals surface area contributed by atoms with E-state index >= 15 is 0 Å². The van der Waals surface area contributed by atoms with Crippen LogP contribution >= 0.6 is 0 Å². The summed E-state index contributed by atoms with van der Waals surface area (Å²) in [7, 11) is 5.39. The van der Waals surface area contributed by atoms with E-state index in [9.17, 15) is 4.79 Å². The Morgan fingerprint density at radius 3 is 2.50 bits per heavy atom. The predicted octanol–water partition coefficient (Wildman–Crippen LogP) is 0.958. The van der Waals surface area contributed by atoms with Gasteiger partial charge in [0.1, 0.15) is 6.23 Å². The second-order valence-electron chi connectivity index (χ2n) is 3.71. The number of methoxy groups -OCH3 is 1. The number of hydrogen-bond donors (Lipinski definition) is 1. The van der Waals surface area contributed by atoms with Gasteiger partial charge in [0.15, 0.2) is 0 Å². The summed E-state index contributed by atoms with van der Waals surface area (Å²) in [4.78, 5) is 12.5. The van der Waals surface area contributed by atoms with E-state index in [-0.39, 0.29) is 6.23 Å². The van der Waals surface area contributed by atoms with Crippen molar-refractivity contribution < 1.29 is 19.4 Å². The molecule has 0 aliphatic heterocycles. The molecule has 0 bridgehead atoms. The number of carbonyl (C=O) groups is 1. The summed E-state index contributed by atoms with van der Waals surface area (Å²) in [6.45, 7) is 2.61. The van der Waals surface area contributed by atoms with Gasteiger partial charge in [-0.15, -0.1) is 0 Å². The van der Waals surface area contributed by atoms with Crippen LogP contribution in [0.25, 0.3) is 0 Å². The van der Waals surface area contributed by atoms with Crippen LogP contribution in [0.3, 0.4) is 0 Å². The summed E-state index contributed by atoms with van der Waals surface area (Å²) in [5, 5.41) is 8.70. The van der Waals surface area contributed by atoms with Crippen LogP contribution in [-0.4, -0.2) is 56.6 Å². The molecule has 0 fully saturated rings. The second-order valence-corrected chi connectivity index (χ2v) is 3.71. The lowest BCUT2D eigenvalue weighted by Crippen LogP contribution is -2.31. The average molecular weight is 231 g/mol. The maximum absolute atomic E-state index is 10.6. The molecule has 0 saturated carbocycles. The van der Waals surface area contributed by atoms with Crippen molar-refractivity contribution in [3.8, 4) is 0 Å². The van der Waals surface area contributed by atoms with E-state index in [2.05, 4.69) is 0 Å². The minimum Gasteiger partial charge on any atom is -0.478 e. The Morgan fingerprint density at radius 1 is 1.44 bits per heavy atom. The van der Waals surface area contributed by atoms with Gasteiger partial charge < -0.3 is 14.6 Å². The highest BCUT2D eigenvalue weighted by atomic mass is 16.5. The molecule has 0 aliphatic rings. The molecule has 94 valence electrons. The van der Waals surface area contributed by atoms with Gasteiger partial charge in [-0.3, -0.25) is 4.90 Å². The molecule has 0 spiro atoms. The molecule has 1 N–H and O–H groups in total. The van der Waals surface area contributed by atoms with Gasteiger partial charge in [0, 0.05) is 19.1 Å². The van der Waals surface area contributed by atoms with E-state index in [1.165, 1.54) is 0 Å². The summed E-state index contributed by atoms with van der Waals surface area (Å²) in [6.07, 6.45) is 2.10. The van der Waals surface area contributed by atoms with Crippen LogP contribution < -0.4 is 0 Å². The first-order valence-corrected chi connectivity index (χ1v) is 5.16. The Morgan fingerprint density at radius 2 is 2.06 bits per heavy atom. The number of ether oxygens (including phenoxy) is 2. The molecule has 0 aromatic rings. The fraction of sp³-hybridized carbons (Fsp3) is 0.727. The SMILES string of the molecule is COCCOC(CC=C(C)C(=O)O)N(C)C. The first kappa shape index (κ1) is 15.1. The molecule has 0 heterocycles. The molecular weight excluding hydrogens is 210 g/mol. The van der Waals surface area contributed by atoms with Crippen LogP contribution in [0.1, 0.15) is 13.3 Å². The Balaban J connectivity index is 4.13. The molecule has 0 saturated heterocycles. The molecule has 5 heteroatoms. The maximum Gasteiger partial charge on any atom is 0.330 e. The normalized spacial score (nSPS) is 14.2. The third-order valence-electron chi connectivity index (χ3n) is 2.14. The number of nitrogens with zero attached hydrogens (tertiary/aromatic N) is 1. The summed E-state index contributed by atoms with van der Waals surface area (Å²) in [5.74, 6) is -0.894. The highest BCUT2D eigenvalue weighted by molar-refractivity contribution is 5.85. The van der Waals surface area contributed by atoms with Crippen LogP contribution in [-0.2, 0) is 14.3 Å². The molecule has 1 atom stereocenters. The molecule has 0 amide bonds. The van der Waals surface area contributed by atoms with Gasteiger partial charge in [-0.2, -0.15) is 0 Å². The Labute approximate surface area is 96.6 Å². The predicted molar refractivity (Wildman–Crippen MR) is 61.3 cm³/mol. The van der Waals surface area contributed by atoms with Crippen molar-refractivity contribution in [2.75, 3.05) is 34.4 Å². The highest BCUT2D eigenvalue weighted by Gasteiger charge is 2.10. The third-order valence-corrected chi connectivity index (χ3v) is 2.14. The highest BCUT2D eigenvalue weighted by Crippen LogP contribution is 2.06. The van der Waals surface area contributed by atoms with E-state index in [1.54, 1.807) is 20.1 Å². The summed E-state index contributed by atoms with van der Waals surface area (Å²) >= 11 is 0. The second kappa shape index (κ2) is 8.27. The van der Waals surface area contributed by atoms with Crippen molar-refractivity contribution >= 4 is 5.97 Å². The molecule has 0 rings (SSSR count). The zero-order valence-electron chi connectivity index (χ0n) is 10.4. The van der Waals surface area contributed by atoms with Crippen LogP contribution in [0.2, 0.25) is 0 Å². The number of aliphatic carboxylic acids is 1. The topological polar surface area (TPSA) is 59.0 Å². The van der Waals surface area contributed by atoms with Crippen LogP contribution in [0.5, 0.6) is 0 Å². The molecular formula is C11H21NO4. The number of carboxylic acid groups (broad SMARTS) is 1. The minimum absolute atomic E-state index is 0.121. The fourth-order valence-corrected chi connectivity index (χ4v) is 1.06. The molecule has 0 radical (unpaired) electrons. The number of hydrogen-bond acceptors (Lipinski definition) is 4. The zero-order chi connectivity index (χ0) is 12.6. The van der Waals surface area contributed by atoms with E-state index in [4.69, 9.17) is 14.6 Å². The van der Waals surface area contributed by atoms with Crippen LogP contribution in [0, 0.1) is 0 Å². The maximum atomic E-state index is 10.6. The van der Waals surface area contributed by atoms with Gasteiger partial charge >= 0.3 is 5.97 Å². The average Bonchev–Trinajstić information content (AvgIpc) is 2.21. The summed E-state index contributed by atoms with van der Waals surface area (Å²) < 4.78 is 10.4. The first-order chi connectivity index (χ1) is 7.49. The van der Waals surface area contributed by atoms with Crippen LogP contribution in [0.4, 0.5) is 0 Å². The van der Waals surface area contributed by atoms with Crippen molar-refractivity contribution in [3.05, 3.63) is 11.6 Å². The van der Waals surface area contributed by atoms with Gasteiger partial charge in [-0.1, -0.05) is 6.08 Å². The number of carboxylic acids is 1. The number of rotatable bonds is 8. The van der Waals surface area contributed by atoms with Gasteiger partial charge in [0.2, 0.25) is 0 Å². The van der Waals surface area contributed by atoms with Gasteiger partial charge in [0.25, 0.3) is 0 Å². The molecule has 0 aliphatic carbocycles. The van der Waals surface area contributed by atoms with Crippen molar-refractivity contribution in [2.24, 2.45) is 0 Å². The monoisotopic (exact) mass is 231 g/mol. The van der Waals surface area contributed by atoms with Crippen LogP contribution in [0.15, 0.2) is 11.6 Å². The molecule has 16 heavy (non-hydrogen) atoms. The van der Waals surface area contributed by atoms with Crippen molar-refractivity contribution in [1.29, 1.82) is 0 Å². The summed E-state index contributed by atoms with van der Waals surface area (Å²) in [5.41, 5.74) is 0.335. The lowest BCUT2D eigenvalue weighted by atomic mass is 10.2. The molecule has 1 unspecified atom stereocenters. The largest absolute Gasteiger partial charge is 0.478 e. The molecule has 0 aromatic heterocycles. The van der Waals surface area contributed by atoms with E-state index in [0.717, 1.165) is 0 Å². The van der Waals surface area contributed by atoms with E-state index < -0.39 is 5.97 Å². The Bertz CT molecular complexity index is 238. The summed E-state index contributed by atoms with van der Waals surface area (Å²) in [6, 6.07) is 0. The minimum atomic E-state index is -0.894. The van der Waals surface area contributed by atoms with Gasteiger partial charge in [-0.25, -0.2) is 4.79 Å².